The lowest BCUT2D eigenvalue weighted by Gasteiger charge is -2.15. The summed E-state index contributed by atoms with van der Waals surface area (Å²) in [6.07, 6.45) is 2.48. The largest absolute Gasteiger partial charge is 0.491 e. The molecule has 0 spiro atoms. The first-order valence-corrected chi connectivity index (χ1v) is 7.92. The van der Waals surface area contributed by atoms with Gasteiger partial charge in [0.1, 0.15) is 36.3 Å². The first-order valence-electron chi connectivity index (χ1n) is 7.54. The van der Waals surface area contributed by atoms with Crippen molar-refractivity contribution in [2.75, 3.05) is 31.6 Å². The minimum Gasteiger partial charge on any atom is -0.491 e. The van der Waals surface area contributed by atoms with Crippen LogP contribution in [0.3, 0.4) is 0 Å². The van der Waals surface area contributed by atoms with Crippen LogP contribution in [0.2, 0.25) is 5.02 Å². The van der Waals surface area contributed by atoms with E-state index in [-0.39, 0.29) is 11.3 Å². The minimum absolute atomic E-state index is 0.112. The minimum atomic E-state index is -0.278. The van der Waals surface area contributed by atoms with Crippen molar-refractivity contribution in [1.82, 2.24) is 4.90 Å². The van der Waals surface area contributed by atoms with E-state index >= 15 is 0 Å². The van der Waals surface area contributed by atoms with Crippen LogP contribution in [0.5, 0.6) is 5.75 Å². The smallest absolute Gasteiger partial charge is 0.163 e. The number of anilines is 1. The van der Waals surface area contributed by atoms with Gasteiger partial charge < -0.3 is 10.1 Å². The van der Waals surface area contributed by atoms with E-state index in [1.165, 1.54) is 12.8 Å². The van der Waals surface area contributed by atoms with E-state index < -0.39 is 0 Å². The van der Waals surface area contributed by atoms with E-state index in [9.17, 15) is 0 Å². The second-order valence-corrected chi connectivity index (χ2v) is 5.66. The summed E-state index contributed by atoms with van der Waals surface area (Å²) in [6.45, 7) is 3.65. The Bertz CT molecular complexity index is 732. The molecule has 0 amide bonds. The Morgan fingerprint density at radius 2 is 1.88 bits per heavy atom. The van der Waals surface area contributed by atoms with Crippen LogP contribution in [0.25, 0.3) is 0 Å². The Hall–Kier alpha value is -2.72. The van der Waals surface area contributed by atoms with E-state index in [1.54, 1.807) is 36.4 Å². The van der Waals surface area contributed by atoms with Gasteiger partial charge in [-0.25, -0.2) is 0 Å². The third kappa shape index (κ3) is 4.64. The molecule has 7 heteroatoms. The Balaban J connectivity index is 1.99. The molecular weight excluding hydrogens is 326 g/mol. The predicted molar refractivity (Wildman–Crippen MR) is 90.1 cm³/mol. The van der Waals surface area contributed by atoms with Crippen molar-refractivity contribution in [2.45, 2.75) is 12.8 Å². The summed E-state index contributed by atoms with van der Waals surface area (Å²) in [6, 6.07) is 10.1. The van der Waals surface area contributed by atoms with Crippen LogP contribution >= 0.6 is 11.6 Å². The number of hydrogen-bond acceptors (Lipinski definition) is 6. The molecule has 1 aromatic carbocycles. The molecule has 0 radical (unpaired) electrons. The maximum absolute atomic E-state index is 9.03. The lowest BCUT2D eigenvalue weighted by atomic mass is 10.2. The number of halogens is 1. The van der Waals surface area contributed by atoms with Crippen molar-refractivity contribution in [2.24, 2.45) is 0 Å². The number of nitrogens with one attached hydrogen (secondary N) is 1. The van der Waals surface area contributed by atoms with E-state index in [0.29, 0.717) is 23.1 Å². The van der Waals surface area contributed by atoms with Crippen LogP contribution in [0.4, 0.5) is 5.69 Å². The fourth-order valence-corrected chi connectivity index (χ4v) is 2.65. The number of allylic oxidation sites excluding steroid dienone is 2. The summed E-state index contributed by atoms with van der Waals surface area (Å²) >= 11 is 6.19. The molecule has 1 aliphatic rings. The zero-order valence-electron chi connectivity index (χ0n) is 13.0. The number of hydrogen-bond donors (Lipinski definition) is 1. The molecule has 0 atom stereocenters. The number of nitriles is 3. The van der Waals surface area contributed by atoms with Gasteiger partial charge in [0.15, 0.2) is 5.57 Å². The molecule has 1 saturated heterocycles. The van der Waals surface area contributed by atoms with Gasteiger partial charge in [-0.3, -0.25) is 4.90 Å². The first-order chi connectivity index (χ1) is 11.7. The van der Waals surface area contributed by atoms with Crippen molar-refractivity contribution in [3.05, 3.63) is 34.5 Å². The number of rotatable bonds is 6. The predicted octanol–water partition coefficient (Wildman–Crippen LogP) is 3.05. The van der Waals surface area contributed by atoms with E-state index in [1.807, 2.05) is 0 Å². The molecule has 2 rings (SSSR count). The Morgan fingerprint density at radius 1 is 1.17 bits per heavy atom. The quantitative estimate of drug-likeness (QED) is 0.799. The summed E-state index contributed by atoms with van der Waals surface area (Å²) in [5.74, 6) is 0.560. The van der Waals surface area contributed by atoms with Gasteiger partial charge in [-0.15, -0.1) is 0 Å². The van der Waals surface area contributed by atoms with Gasteiger partial charge >= 0.3 is 0 Å². The summed E-state index contributed by atoms with van der Waals surface area (Å²) in [7, 11) is 0. The van der Waals surface area contributed by atoms with Crippen molar-refractivity contribution >= 4 is 17.3 Å². The summed E-state index contributed by atoms with van der Waals surface area (Å²) in [5, 5.41) is 29.8. The second kappa shape index (κ2) is 8.79. The third-order valence-electron chi connectivity index (χ3n) is 3.65. The molecular formula is C17H16ClN5O. The van der Waals surface area contributed by atoms with Crippen molar-refractivity contribution in [1.29, 1.82) is 15.8 Å². The molecule has 24 heavy (non-hydrogen) atoms. The van der Waals surface area contributed by atoms with Gasteiger partial charge in [-0.05, 0) is 44.1 Å². The number of likely N-dealkylation sites (tertiary alicyclic amines) is 1. The molecule has 1 aliphatic heterocycles. The second-order valence-electron chi connectivity index (χ2n) is 5.25. The van der Waals surface area contributed by atoms with Crippen LogP contribution in [0.1, 0.15) is 12.8 Å². The Kier molecular flexibility index (Phi) is 6.46. The van der Waals surface area contributed by atoms with Gasteiger partial charge in [-0.2, -0.15) is 15.8 Å². The number of nitrogens with zero attached hydrogens (tertiary/aromatic N) is 4. The third-order valence-corrected chi connectivity index (χ3v) is 3.95. The Labute approximate surface area is 146 Å². The number of ether oxygens (including phenoxy) is 1. The standard InChI is InChI=1S/C17H16ClN5O/c18-15-9-14(22-16(12-21)13(10-19)11-20)3-4-17(15)24-8-7-23-5-1-2-6-23/h3-4,9,22H,1-2,5-8H2. The molecule has 0 bridgehead atoms. The lowest BCUT2D eigenvalue weighted by Crippen LogP contribution is -2.25. The van der Waals surface area contributed by atoms with Crippen LogP contribution < -0.4 is 10.1 Å². The maximum Gasteiger partial charge on any atom is 0.163 e. The average molecular weight is 342 g/mol. The molecule has 0 aliphatic carbocycles. The number of benzene rings is 1. The molecule has 1 fully saturated rings. The molecule has 0 aromatic heterocycles. The molecule has 122 valence electrons. The lowest BCUT2D eigenvalue weighted by molar-refractivity contribution is 0.238. The van der Waals surface area contributed by atoms with Gasteiger partial charge in [0.25, 0.3) is 0 Å². The van der Waals surface area contributed by atoms with Crippen LogP contribution in [0, 0.1) is 34.0 Å². The van der Waals surface area contributed by atoms with Crippen LogP contribution in [0.15, 0.2) is 29.5 Å². The van der Waals surface area contributed by atoms with E-state index in [4.69, 9.17) is 32.1 Å². The summed E-state index contributed by atoms with van der Waals surface area (Å²) in [4.78, 5) is 2.35. The average Bonchev–Trinajstić information content (AvgIpc) is 3.10. The highest BCUT2D eigenvalue weighted by Crippen LogP contribution is 2.28. The topological polar surface area (TPSA) is 95.9 Å². The zero-order chi connectivity index (χ0) is 17.4. The fourth-order valence-electron chi connectivity index (χ4n) is 2.41. The van der Waals surface area contributed by atoms with Crippen molar-refractivity contribution in [3.63, 3.8) is 0 Å². The molecule has 0 saturated carbocycles. The summed E-state index contributed by atoms with van der Waals surface area (Å²) < 4.78 is 5.69. The highest BCUT2D eigenvalue weighted by atomic mass is 35.5. The van der Waals surface area contributed by atoms with Gasteiger partial charge in [-0.1, -0.05) is 11.6 Å². The monoisotopic (exact) mass is 341 g/mol. The normalized spacial score (nSPS) is 13.4. The zero-order valence-corrected chi connectivity index (χ0v) is 13.8. The van der Waals surface area contributed by atoms with Crippen molar-refractivity contribution in [3.8, 4) is 24.0 Å². The van der Waals surface area contributed by atoms with Crippen molar-refractivity contribution < 1.29 is 4.74 Å². The molecule has 1 heterocycles. The molecule has 6 nitrogen and oxygen atoms in total. The van der Waals surface area contributed by atoms with Gasteiger partial charge in [0.2, 0.25) is 0 Å². The molecule has 1 aromatic rings. The summed E-state index contributed by atoms with van der Waals surface area (Å²) in [5.41, 5.74) is 0.116. The maximum atomic E-state index is 9.03. The molecule has 0 unspecified atom stereocenters. The molecule has 1 N–H and O–H groups in total. The van der Waals surface area contributed by atoms with Gasteiger partial charge in [0, 0.05) is 12.2 Å². The van der Waals surface area contributed by atoms with Crippen LogP contribution in [-0.2, 0) is 0 Å². The van der Waals surface area contributed by atoms with E-state index in [0.717, 1.165) is 19.6 Å². The van der Waals surface area contributed by atoms with E-state index in [2.05, 4.69) is 10.2 Å². The van der Waals surface area contributed by atoms with Crippen LogP contribution in [-0.4, -0.2) is 31.1 Å². The first kappa shape index (κ1) is 17.6. The highest BCUT2D eigenvalue weighted by molar-refractivity contribution is 6.32. The SMILES string of the molecule is N#CC(C#N)=C(C#N)Nc1ccc(OCCN2CCCC2)c(Cl)c1. The van der Waals surface area contributed by atoms with Gasteiger partial charge in [0.05, 0.1) is 5.02 Å². The Morgan fingerprint density at radius 3 is 2.46 bits per heavy atom. The fraction of sp³-hybridized carbons (Fsp3) is 0.353. The highest BCUT2D eigenvalue weighted by Gasteiger charge is 2.12.